The van der Waals surface area contributed by atoms with Gasteiger partial charge in [0.05, 0.1) is 6.07 Å². The van der Waals surface area contributed by atoms with Gasteiger partial charge in [0.2, 0.25) is 11.8 Å². The highest BCUT2D eigenvalue weighted by Crippen LogP contribution is 2.15. The summed E-state index contributed by atoms with van der Waals surface area (Å²) in [4.78, 5) is 23.0. The van der Waals surface area contributed by atoms with Crippen molar-refractivity contribution in [3.8, 4) is 6.07 Å². The number of carbonyl (C=O) groups is 2. The molecule has 0 heterocycles. The third-order valence-electron chi connectivity index (χ3n) is 2.60. The van der Waals surface area contributed by atoms with E-state index in [9.17, 15) is 9.59 Å². The zero-order chi connectivity index (χ0) is 15.0. The molecule has 0 spiro atoms. The van der Waals surface area contributed by atoms with Crippen molar-refractivity contribution >= 4 is 17.5 Å². The fourth-order valence-corrected chi connectivity index (χ4v) is 1.70. The molecule has 0 atom stereocenters. The SMILES string of the molecule is CC(C)CC(=O)NCc1ccccc1NC(=O)CC#N. The Bertz CT molecular complexity index is 518. The maximum Gasteiger partial charge on any atom is 0.238 e. The van der Waals surface area contributed by atoms with Crippen LogP contribution in [0.25, 0.3) is 0 Å². The number of nitriles is 1. The molecule has 5 nitrogen and oxygen atoms in total. The fraction of sp³-hybridized carbons (Fsp3) is 0.400. The summed E-state index contributed by atoms with van der Waals surface area (Å²) in [6, 6.07) is 9.01. The summed E-state index contributed by atoms with van der Waals surface area (Å²) in [6.07, 6.45) is 0.289. The number of para-hydroxylation sites is 1. The van der Waals surface area contributed by atoms with Crippen LogP contribution in [0.3, 0.4) is 0 Å². The van der Waals surface area contributed by atoms with Crippen molar-refractivity contribution < 1.29 is 9.59 Å². The van der Waals surface area contributed by atoms with Crippen LogP contribution in [0.2, 0.25) is 0 Å². The number of hydrogen-bond donors (Lipinski definition) is 2. The van der Waals surface area contributed by atoms with E-state index in [1.165, 1.54) is 0 Å². The van der Waals surface area contributed by atoms with E-state index < -0.39 is 0 Å². The van der Waals surface area contributed by atoms with Crippen molar-refractivity contribution in [3.63, 3.8) is 0 Å². The van der Waals surface area contributed by atoms with E-state index in [2.05, 4.69) is 10.6 Å². The predicted octanol–water partition coefficient (Wildman–Crippen LogP) is 2.20. The summed E-state index contributed by atoms with van der Waals surface area (Å²) in [5.41, 5.74) is 1.44. The Morgan fingerprint density at radius 2 is 1.95 bits per heavy atom. The number of rotatable bonds is 6. The van der Waals surface area contributed by atoms with Gasteiger partial charge in [0.15, 0.2) is 0 Å². The molecule has 0 aromatic heterocycles. The van der Waals surface area contributed by atoms with Crippen molar-refractivity contribution in [2.24, 2.45) is 5.92 Å². The van der Waals surface area contributed by atoms with Gasteiger partial charge in [-0.25, -0.2) is 0 Å². The van der Waals surface area contributed by atoms with Crippen LogP contribution in [0, 0.1) is 17.2 Å². The van der Waals surface area contributed by atoms with Gasteiger partial charge < -0.3 is 10.6 Å². The summed E-state index contributed by atoms with van der Waals surface area (Å²) in [5, 5.41) is 14.0. The van der Waals surface area contributed by atoms with Gasteiger partial charge in [0, 0.05) is 18.7 Å². The number of benzene rings is 1. The Labute approximate surface area is 119 Å². The molecular formula is C15H19N3O2. The van der Waals surface area contributed by atoms with Crippen molar-refractivity contribution in [2.45, 2.75) is 33.2 Å². The summed E-state index contributed by atoms with van der Waals surface area (Å²) >= 11 is 0. The van der Waals surface area contributed by atoms with Crippen LogP contribution >= 0.6 is 0 Å². The third-order valence-corrected chi connectivity index (χ3v) is 2.60. The second kappa shape index (κ2) is 7.95. The van der Waals surface area contributed by atoms with Crippen LogP contribution in [0.5, 0.6) is 0 Å². The first kappa shape index (κ1) is 15.7. The Balaban J connectivity index is 2.64. The zero-order valence-corrected chi connectivity index (χ0v) is 11.8. The first-order valence-electron chi connectivity index (χ1n) is 6.54. The lowest BCUT2D eigenvalue weighted by molar-refractivity contribution is -0.122. The molecule has 1 aromatic carbocycles. The molecule has 2 amide bonds. The van der Waals surface area contributed by atoms with Gasteiger partial charge in [-0.3, -0.25) is 9.59 Å². The average molecular weight is 273 g/mol. The molecule has 0 radical (unpaired) electrons. The highest BCUT2D eigenvalue weighted by Gasteiger charge is 2.08. The lowest BCUT2D eigenvalue weighted by Crippen LogP contribution is -2.24. The molecule has 106 valence electrons. The Kier molecular flexibility index (Phi) is 6.24. The molecule has 1 rings (SSSR count). The quantitative estimate of drug-likeness (QED) is 0.833. The lowest BCUT2D eigenvalue weighted by Gasteiger charge is -2.12. The second-order valence-electron chi connectivity index (χ2n) is 4.91. The molecule has 0 bridgehead atoms. The van der Waals surface area contributed by atoms with Crippen LogP contribution in [0.15, 0.2) is 24.3 Å². The van der Waals surface area contributed by atoms with E-state index in [-0.39, 0.29) is 18.2 Å². The lowest BCUT2D eigenvalue weighted by atomic mass is 10.1. The largest absolute Gasteiger partial charge is 0.352 e. The summed E-state index contributed by atoms with van der Waals surface area (Å²) < 4.78 is 0. The third kappa shape index (κ3) is 5.53. The van der Waals surface area contributed by atoms with Gasteiger partial charge in [-0.2, -0.15) is 5.26 Å². The van der Waals surface area contributed by atoms with E-state index >= 15 is 0 Å². The van der Waals surface area contributed by atoms with Gasteiger partial charge in [-0.1, -0.05) is 32.0 Å². The van der Waals surface area contributed by atoms with Crippen molar-refractivity contribution in [1.29, 1.82) is 5.26 Å². The summed E-state index contributed by atoms with van der Waals surface area (Å²) in [5.74, 6) is -0.0628. The average Bonchev–Trinajstić information content (AvgIpc) is 2.37. The topological polar surface area (TPSA) is 82.0 Å². The Hall–Kier alpha value is -2.35. The normalized spacial score (nSPS) is 9.90. The monoisotopic (exact) mass is 273 g/mol. The van der Waals surface area contributed by atoms with Crippen LogP contribution in [-0.2, 0) is 16.1 Å². The van der Waals surface area contributed by atoms with E-state index in [1.54, 1.807) is 18.2 Å². The van der Waals surface area contributed by atoms with E-state index in [0.717, 1.165) is 5.56 Å². The number of nitrogens with zero attached hydrogens (tertiary/aromatic N) is 1. The minimum Gasteiger partial charge on any atom is -0.352 e. The molecule has 5 heteroatoms. The van der Waals surface area contributed by atoms with E-state index in [1.807, 2.05) is 26.0 Å². The van der Waals surface area contributed by atoms with Crippen molar-refractivity contribution in [1.82, 2.24) is 5.32 Å². The highest BCUT2D eigenvalue weighted by atomic mass is 16.2. The number of carbonyl (C=O) groups excluding carboxylic acids is 2. The molecule has 0 saturated carbocycles. The van der Waals surface area contributed by atoms with Gasteiger partial charge in [0.1, 0.15) is 6.42 Å². The molecule has 2 N–H and O–H groups in total. The minimum absolute atomic E-state index is 0.0156. The molecule has 0 aliphatic heterocycles. The maximum absolute atomic E-state index is 11.6. The van der Waals surface area contributed by atoms with Crippen LogP contribution in [-0.4, -0.2) is 11.8 Å². The predicted molar refractivity (Wildman–Crippen MR) is 76.6 cm³/mol. The standard InChI is InChI=1S/C15H19N3O2/c1-11(2)9-15(20)17-10-12-5-3-4-6-13(12)18-14(19)7-8-16/h3-6,11H,7,9-10H2,1-2H3,(H,17,20)(H,18,19). The van der Waals surface area contributed by atoms with Crippen molar-refractivity contribution in [3.05, 3.63) is 29.8 Å². The highest BCUT2D eigenvalue weighted by molar-refractivity contribution is 5.92. The molecule has 20 heavy (non-hydrogen) atoms. The second-order valence-corrected chi connectivity index (χ2v) is 4.91. The number of hydrogen-bond acceptors (Lipinski definition) is 3. The smallest absolute Gasteiger partial charge is 0.238 e. The van der Waals surface area contributed by atoms with Crippen LogP contribution < -0.4 is 10.6 Å². The first-order chi connectivity index (χ1) is 9.52. The maximum atomic E-state index is 11.6. The zero-order valence-electron chi connectivity index (χ0n) is 11.8. The molecule has 0 aliphatic rings. The molecule has 0 aliphatic carbocycles. The molecule has 0 unspecified atom stereocenters. The Morgan fingerprint density at radius 1 is 1.25 bits per heavy atom. The molecule has 0 saturated heterocycles. The van der Waals surface area contributed by atoms with Crippen LogP contribution in [0.4, 0.5) is 5.69 Å². The molecular weight excluding hydrogens is 254 g/mol. The van der Waals surface area contributed by atoms with Gasteiger partial charge >= 0.3 is 0 Å². The Morgan fingerprint density at radius 3 is 2.60 bits per heavy atom. The van der Waals surface area contributed by atoms with Gasteiger partial charge in [0.25, 0.3) is 0 Å². The number of anilines is 1. The van der Waals surface area contributed by atoms with Gasteiger partial charge in [-0.05, 0) is 17.5 Å². The van der Waals surface area contributed by atoms with E-state index in [0.29, 0.717) is 24.6 Å². The van der Waals surface area contributed by atoms with E-state index in [4.69, 9.17) is 5.26 Å². The van der Waals surface area contributed by atoms with Crippen LogP contribution in [0.1, 0.15) is 32.3 Å². The number of nitrogens with one attached hydrogen (secondary N) is 2. The summed E-state index contributed by atoms with van der Waals surface area (Å²) in [6.45, 7) is 4.32. The van der Waals surface area contributed by atoms with Gasteiger partial charge in [-0.15, -0.1) is 0 Å². The van der Waals surface area contributed by atoms with Crippen molar-refractivity contribution in [2.75, 3.05) is 5.32 Å². The number of amides is 2. The first-order valence-corrected chi connectivity index (χ1v) is 6.54. The summed E-state index contributed by atoms with van der Waals surface area (Å²) in [7, 11) is 0. The molecule has 1 aromatic rings. The fourth-order valence-electron chi connectivity index (χ4n) is 1.70. The minimum atomic E-state index is -0.353. The molecule has 0 fully saturated rings.